The Balaban J connectivity index is 1.97. The molecule has 0 unspecified atom stereocenters. The zero-order valence-corrected chi connectivity index (χ0v) is 8.92. The molecular weight excluding hydrogens is 192 g/mol. The Labute approximate surface area is 88.7 Å². The molecule has 1 aliphatic carbocycles. The summed E-state index contributed by atoms with van der Waals surface area (Å²) < 4.78 is 0. The van der Waals surface area contributed by atoms with E-state index in [-0.39, 0.29) is 11.7 Å². The second-order valence-electron chi connectivity index (χ2n) is 4.04. The fraction of sp³-hybridized carbons (Fsp3) is 0.700. The van der Waals surface area contributed by atoms with Crippen LogP contribution in [0.25, 0.3) is 0 Å². The maximum absolute atomic E-state index is 11.2. The van der Waals surface area contributed by atoms with Crippen LogP contribution in [0.5, 0.6) is 0 Å². The summed E-state index contributed by atoms with van der Waals surface area (Å²) in [6.07, 6.45) is 6.11. The van der Waals surface area contributed by atoms with E-state index in [0.717, 1.165) is 18.2 Å². The molecule has 1 fully saturated rings. The van der Waals surface area contributed by atoms with E-state index in [2.05, 4.69) is 20.5 Å². The summed E-state index contributed by atoms with van der Waals surface area (Å²) >= 11 is 0. The molecule has 1 aromatic heterocycles. The molecular formula is C10H16N4O. The zero-order valence-electron chi connectivity index (χ0n) is 8.92. The van der Waals surface area contributed by atoms with E-state index in [1.807, 2.05) is 0 Å². The maximum atomic E-state index is 11.2. The lowest BCUT2D eigenvalue weighted by atomic mass is 10.0. The summed E-state index contributed by atoms with van der Waals surface area (Å²) in [5, 5.41) is 9.21. The Hall–Kier alpha value is -1.39. The summed E-state index contributed by atoms with van der Waals surface area (Å²) in [6.45, 7) is 0. The van der Waals surface area contributed by atoms with E-state index >= 15 is 0 Å². The van der Waals surface area contributed by atoms with Gasteiger partial charge >= 0.3 is 0 Å². The van der Waals surface area contributed by atoms with Gasteiger partial charge in [0.05, 0.1) is 0 Å². The van der Waals surface area contributed by atoms with Crippen molar-refractivity contribution in [3.63, 3.8) is 0 Å². The van der Waals surface area contributed by atoms with Crippen molar-refractivity contribution in [1.29, 1.82) is 0 Å². The van der Waals surface area contributed by atoms with Gasteiger partial charge in [-0.05, 0) is 5.92 Å². The number of aromatic nitrogens is 3. The van der Waals surface area contributed by atoms with Crippen LogP contribution in [0.2, 0.25) is 0 Å². The van der Waals surface area contributed by atoms with E-state index in [1.165, 1.54) is 25.7 Å². The van der Waals surface area contributed by atoms with Crippen LogP contribution in [-0.4, -0.2) is 28.1 Å². The van der Waals surface area contributed by atoms with Crippen LogP contribution in [0, 0.1) is 5.92 Å². The highest BCUT2D eigenvalue weighted by molar-refractivity contribution is 5.89. The van der Waals surface area contributed by atoms with E-state index < -0.39 is 0 Å². The number of carbonyl (C=O) groups is 1. The number of hydrogen-bond acceptors (Lipinski definition) is 3. The highest BCUT2D eigenvalue weighted by Gasteiger charge is 2.18. The third-order valence-electron chi connectivity index (χ3n) is 2.92. The molecule has 2 N–H and O–H groups in total. The molecule has 0 atom stereocenters. The molecule has 5 nitrogen and oxygen atoms in total. The Morgan fingerprint density at radius 1 is 1.53 bits per heavy atom. The Kier molecular flexibility index (Phi) is 2.99. The summed E-state index contributed by atoms with van der Waals surface area (Å²) in [6, 6.07) is 0. The van der Waals surface area contributed by atoms with Gasteiger partial charge in [-0.1, -0.05) is 25.7 Å². The second-order valence-corrected chi connectivity index (χ2v) is 4.04. The summed E-state index contributed by atoms with van der Waals surface area (Å²) in [5.74, 6) is 1.56. The van der Waals surface area contributed by atoms with Crippen LogP contribution in [0.3, 0.4) is 0 Å². The fourth-order valence-corrected chi connectivity index (χ4v) is 2.09. The van der Waals surface area contributed by atoms with Gasteiger partial charge in [-0.2, -0.15) is 0 Å². The standard InChI is InChI=1S/C10H16N4O/c1-11-10(15)9-12-8(13-14-9)6-7-4-2-3-5-7/h7H,2-6H2,1H3,(H,11,15)(H,12,13,14). The molecule has 0 saturated heterocycles. The van der Waals surface area contributed by atoms with Crippen molar-refractivity contribution in [3.8, 4) is 0 Å². The van der Waals surface area contributed by atoms with Gasteiger partial charge in [0.15, 0.2) is 0 Å². The van der Waals surface area contributed by atoms with Crippen LogP contribution in [0.15, 0.2) is 0 Å². The average Bonchev–Trinajstić information content (AvgIpc) is 2.88. The molecule has 1 aliphatic rings. The number of carbonyl (C=O) groups excluding carboxylic acids is 1. The minimum Gasteiger partial charge on any atom is -0.352 e. The SMILES string of the molecule is CNC(=O)c1n[nH]c(CC2CCCC2)n1. The van der Waals surface area contributed by atoms with Gasteiger partial charge in [0.2, 0.25) is 5.82 Å². The first kappa shape index (κ1) is 10.1. The Bertz CT molecular complexity index is 341. The lowest BCUT2D eigenvalue weighted by Gasteiger charge is -2.03. The number of H-pyrrole nitrogens is 1. The monoisotopic (exact) mass is 208 g/mol. The molecule has 1 heterocycles. The molecule has 1 amide bonds. The first-order chi connectivity index (χ1) is 7.29. The summed E-state index contributed by atoms with van der Waals surface area (Å²) in [5.41, 5.74) is 0. The quantitative estimate of drug-likeness (QED) is 0.775. The molecule has 0 spiro atoms. The van der Waals surface area contributed by atoms with Crippen LogP contribution < -0.4 is 5.32 Å². The molecule has 0 aromatic carbocycles. The minimum atomic E-state index is -0.232. The molecule has 82 valence electrons. The number of nitrogens with one attached hydrogen (secondary N) is 2. The highest BCUT2D eigenvalue weighted by Crippen LogP contribution is 2.26. The van der Waals surface area contributed by atoms with E-state index in [4.69, 9.17) is 0 Å². The molecule has 0 aliphatic heterocycles. The van der Waals surface area contributed by atoms with Crippen molar-refractivity contribution < 1.29 is 4.79 Å². The lowest BCUT2D eigenvalue weighted by molar-refractivity contribution is 0.0953. The van der Waals surface area contributed by atoms with Gasteiger partial charge in [0.1, 0.15) is 5.82 Å². The molecule has 1 saturated carbocycles. The number of amides is 1. The van der Waals surface area contributed by atoms with E-state index in [1.54, 1.807) is 7.05 Å². The van der Waals surface area contributed by atoms with Crippen molar-refractivity contribution in [1.82, 2.24) is 20.5 Å². The molecule has 2 rings (SSSR count). The Morgan fingerprint density at radius 2 is 2.27 bits per heavy atom. The first-order valence-electron chi connectivity index (χ1n) is 5.43. The Morgan fingerprint density at radius 3 is 2.93 bits per heavy atom. The summed E-state index contributed by atoms with van der Waals surface area (Å²) in [7, 11) is 1.58. The fourth-order valence-electron chi connectivity index (χ4n) is 2.09. The van der Waals surface area contributed by atoms with Crippen LogP contribution in [-0.2, 0) is 6.42 Å². The van der Waals surface area contributed by atoms with Crippen LogP contribution in [0.1, 0.15) is 42.1 Å². The van der Waals surface area contributed by atoms with Crippen LogP contribution in [0.4, 0.5) is 0 Å². The largest absolute Gasteiger partial charge is 0.352 e. The lowest BCUT2D eigenvalue weighted by Crippen LogP contribution is -2.19. The van der Waals surface area contributed by atoms with Gasteiger partial charge in [-0.25, -0.2) is 4.98 Å². The number of nitrogens with zero attached hydrogens (tertiary/aromatic N) is 2. The minimum absolute atomic E-state index is 0.232. The second kappa shape index (κ2) is 4.42. The van der Waals surface area contributed by atoms with Crippen LogP contribution >= 0.6 is 0 Å². The van der Waals surface area contributed by atoms with E-state index in [9.17, 15) is 4.79 Å². The van der Waals surface area contributed by atoms with Gasteiger partial charge in [0.25, 0.3) is 5.91 Å². The smallest absolute Gasteiger partial charge is 0.290 e. The number of rotatable bonds is 3. The van der Waals surface area contributed by atoms with Crippen molar-refractivity contribution in [2.75, 3.05) is 7.05 Å². The number of aromatic amines is 1. The van der Waals surface area contributed by atoms with Gasteiger partial charge in [-0.15, -0.1) is 5.10 Å². The van der Waals surface area contributed by atoms with Gasteiger partial charge < -0.3 is 5.32 Å². The zero-order chi connectivity index (χ0) is 10.7. The van der Waals surface area contributed by atoms with Gasteiger partial charge in [0, 0.05) is 13.5 Å². The average molecular weight is 208 g/mol. The topological polar surface area (TPSA) is 70.7 Å². The molecule has 15 heavy (non-hydrogen) atoms. The van der Waals surface area contributed by atoms with Crippen molar-refractivity contribution in [3.05, 3.63) is 11.6 Å². The highest BCUT2D eigenvalue weighted by atomic mass is 16.2. The third-order valence-corrected chi connectivity index (χ3v) is 2.92. The number of hydrogen-bond donors (Lipinski definition) is 2. The maximum Gasteiger partial charge on any atom is 0.290 e. The molecule has 0 radical (unpaired) electrons. The normalized spacial score (nSPS) is 16.9. The molecule has 1 aromatic rings. The summed E-state index contributed by atoms with van der Waals surface area (Å²) in [4.78, 5) is 15.4. The first-order valence-corrected chi connectivity index (χ1v) is 5.43. The molecule has 5 heteroatoms. The predicted molar refractivity (Wildman–Crippen MR) is 55.4 cm³/mol. The van der Waals surface area contributed by atoms with Gasteiger partial charge in [-0.3, -0.25) is 9.89 Å². The van der Waals surface area contributed by atoms with E-state index in [0.29, 0.717) is 0 Å². The third kappa shape index (κ3) is 2.34. The molecule has 0 bridgehead atoms. The van der Waals surface area contributed by atoms with Crippen molar-refractivity contribution in [2.45, 2.75) is 32.1 Å². The van der Waals surface area contributed by atoms with Crippen molar-refractivity contribution >= 4 is 5.91 Å². The predicted octanol–water partition coefficient (Wildman–Crippen LogP) is 0.897. The van der Waals surface area contributed by atoms with Crippen molar-refractivity contribution in [2.24, 2.45) is 5.92 Å².